The van der Waals surface area contributed by atoms with Gasteiger partial charge in [0.25, 0.3) is 5.91 Å². The van der Waals surface area contributed by atoms with Gasteiger partial charge in [-0.3, -0.25) is 4.79 Å². The number of methoxy groups -OCH3 is 2. The largest absolute Gasteiger partial charge is 0.497 e. The number of hydrogen-bond donors (Lipinski definition) is 2. The van der Waals surface area contributed by atoms with Gasteiger partial charge < -0.3 is 29.4 Å². The van der Waals surface area contributed by atoms with Gasteiger partial charge in [-0.2, -0.15) is 0 Å². The number of aliphatic hydroxyl groups excluding tert-OH is 1. The first kappa shape index (κ1) is 27.0. The monoisotopic (exact) mass is 518 g/mol. The molecule has 0 bridgehead atoms. The molecule has 1 aliphatic heterocycles. The molecule has 4 rings (SSSR count). The minimum Gasteiger partial charge on any atom is -0.497 e. The lowest BCUT2D eigenvalue weighted by Crippen LogP contribution is -2.49. The zero-order chi connectivity index (χ0) is 26.8. The van der Waals surface area contributed by atoms with E-state index >= 15 is 0 Å². The zero-order valence-corrected chi connectivity index (χ0v) is 21.8. The molecule has 38 heavy (non-hydrogen) atoms. The normalized spacial score (nSPS) is 16.3. The van der Waals surface area contributed by atoms with E-state index in [0.29, 0.717) is 44.1 Å². The fraction of sp³-hybridized carbons (Fsp3) is 0.333. The molecule has 1 aliphatic rings. The van der Waals surface area contributed by atoms with Crippen LogP contribution >= 0.6 is 0 Å². The smallest absolute Gasteiger partial charge is 0.251 e. The van der Waals surface area contributed by atoms with Gasteiger partial charge in [-0.25, -0.2) is 4.99 Å². The molecule has 0 saturated heterocycles. The number of nitrogens with one attached hydrogen (secondary N) is 1. The average Bonchev–Trinajstić information content (AvgIpc) is 3.39. The third-order valence-corrected chi connectivity index (χ3v) is 6.37. The van der Waals surface area contributed by atoms with Gasteiger partial charge >= 0.3 is 0 Å². The summed E-state index contributed by atoms with van der Waals surface area (Å²) in [6.07, 6.45) is 1.55. The molecule has 1 atom stereocenters. The van der Waals surface area contributed by atoms with E-state index in [1.165, 1.54) is 0 Å². The SMILES string of the molecule is COc1ccc(OC)c(CCNC(=O)[C@@]2(Cc3ccccc3)COC(c3ccc(OCCCO)cc3)=N2)c1. The first-order valence-corrected chi connectivity index (χ1v) is 12.7. The third kappa shape index (κ3) is 6.63. The summed E-state index contributed by atoms with van der Waals surface area (Å²) < 4.78 is 22.4. The van der Waals surface area contributed by atoms with Crippen molar-refractivity contribution in [2.24, 2.45) is 4.99 Å². The number of amides is 1. The van der Waals surface area contributed by atoms with E-state index in [1.807, 2.05) is 72.8 Å². The molecular weight excluding hydrogens is 484 g/mol. The van der Waals surface area contributed by atoms with Gasteiger partial charge in [-0.15, -0.1) is 0 Å². The van der Waals surface area contributed by atoms with Crippen LogP contribution in [-0.2, 0) is 22.4 Å². The number of rotatable bonds is 13. The highest BCUT2D eigenvalue weighted by Gasteiger charge is 2.44. The molecule has 2 N–H and O–H groups in total. The fourth-order valence-electron chi connectivity index (χ4n) is 4.32. The van der Waals surface area contributed by atoms with Gasteiger partial charge in [0.05, 0.1) is 20.8 Å². The fourth-order valence-corrected chi connectivity index (χ4v) is 4.32. The minimum atomic E-state index is -1.09. The summed E-state index contributed by atoms with van der Waals surface area (Å²) in [6.45, 7) is 1.07. The van der Waals surface area contributed by atoms with Crippen molar-refractivity contribution in [3.63, 3.8) is 0 Å². The number of ether oxygens (including phenoxy) is 4. The second-order valence-electron chi connectivity index (χ2n) is 9.03. The maximum atomic E-state index is 13.6. The predicted octanol–water partition coefficient (Wildman–Crippen LogP) is 3.58. The highest BCUT2D eigenvalue weighted by atomic mass is 16.5. The molecule has 3 aromatic rings. The molecule has 0 aromatic heterocycles. The van der Waals surface area contributed by atoms with Crippen molar-refractivity contribution < 1.29 is 28.8 Å². The van der Waals surface area contributed by atoms with Crippen LogP contribution in [0.2, 0.25) is 0 Å². The number of benzene rings is 3. The molecule has 3 aromatic carbocycles. The number of carbonyl (C=O) groups excluding carboxylic acids is 1. The molecule has 0 aliphatic carbocycles. The van der Waals surface area contributed by atoms with Gasteiger partial charge in [0.2, 0.25) is 5.90 Å². The van der Waals surface area contributed by atoms with Crippen molar-refractivity contribution in [3.8, 4) is 17.2 Å². The topological polar surface area (TPSA) is 98.6 Å². The van der Waals surface area contributed by atoms with Gasteiger partial charge in [-0.1, -0.05) is 30.3 Å². The number of aliphatic hydroxyl groups is 1. The number of nitrogens with zero attached hydrogens (tertiary/aromatic N) is 1. The Labute approximate surface area is 223 Å². The Morgan fingerprint density at radius 3 is 2.50 bits per heavy atom. The van der Waals surface area contributed by atoms with E-state index in [9.17, 15) is 4.79 Å². The van der Waals surface area contributed by atoms with E-state index in [0.717, 1.165) is 28.2 Å². The maximum Gasteiger partial charge on any atom is 0.251 e. The van der Waals surface area contributed by atoms with Crippen molar-refractivity contribution >= 4 is 11.8 Å². The highest BCUT2D eigenvalue weighted by molar-refractivity contribution is 6.00. The number of hydrogen-bond acceptors (Lipinski definition) is 7. The van der Waals surface area contributed by atoms with Crippen molar-refractivity contribution in [2.45, 2.75) is 24.8 Å². The van der Waals surface area contributed by atoms with Crippen LogP contribution in [0, 0.1) is 0 Å². The Balaban J connectivity index is 1.50. The molecule has 1 amide bonds. The van der Waals surface area contributed by atoms with Crippen molar-refractivity contribution in [2.75, 3.05) is 40.6 Å². The molecule has 8 nitrogen and oxygen atoms in total. The molecule has 0 saturated carbocycles. The quantitative estimate of drug-likeness (QED) is 0.336. The maximum absolute atomic E-state index is 13.6. The van der Waals surface area contributed by atoms with Gasteiger partial charge in [0.1, 0.15) is 23.9 Å². The van der Waals surface area contributed by atoms with Gasteiger partial charge in [0, 0.05) is 31.6 Å². The summed E-state index contributed by atoms with van der Waals surface area (Å²) in [5.74, 6) is 2.40. The highest BCUT2D eigenvalue weighted by Crippen LogP contribution is 2.28. The molecule has 0 unspecified atom stereocenters. The average molecular weight is 519 g/mol. The Bertz CT molecular complexity index is 1230. The summed E-state index contributed by atoms with van der Waals surface area (Å²) in [7, 11) is 3.24. The lowest BCUT2D eigenvalue weighted by Gasteiger charge is -2.23. The van der Waals surface area contributed by atoms with Crippen LogP contribution in [0.15, 0.2) is 77.8 Å². The Morgan fingerprint density at radius 1 is 1.03 bits per heavy atom. The van der Waals surface area contributed by atoms with Crippen LogP contribution < -0.4 is 19.5 Å². The first-order chi connectivity index (χ1) is 18.6. The van der Waals surface area contributed by atoms with E-state index in [2.05, 4.69) is 5.32 Å². The lowest BCUT2D eigenvalue weighted by atomic mass is 9.91. The van der Waals surface area contributed by atoms with E-state index < -0.39 is 5.54 Å². The Morgan fingerprint density at radius 2 is 1.79 bits per heavy atom. The first-order valence-electron chi connectivity index (χ1n) is 12.7. The lowest BCUT2D eigenvalue weighted by molar-refractivity contribution is -0.126. The Kier molecular flexibility index (Phi) is 9.21. The van der Waals surface area contributed by atoms with Gasteiger partial charge in [0.15, 0.2) is 5.54 Å². The van der Waals surface area contributed by atoms with Crippen LogP contribution in [0.25, 0.3) is 0 Å². The standard InChI is InChI=1S/C30H34N2O6/c1-35-26-13-14-27(36-2)24(19-26)15-16-31-29(34)30(20-22-7-4-3-5-8-22)21-38-28(32-30)23-9-11-25(12-10-23)37-18-6-17-33/h3-5,7-14,19,33H,6,15-18,20-21H2,1-2H3,(H,31,34)/t30-/m1/s1. The van der Waals surface area contributed by atoms with Crippen LogP contribution in [0.5, 0.6) is 17.2 Å². The molecule has 1 heterocycles. The number of carbonyl (C=O) groups is 1. The molecule has 0 fully saturated rings. The summed E-state index contributed by atoms with van der Waals surface area (Å²) >= 11 is 0. The number of aliphatic imine (C=N–C) groups is 1. The molecule has 200 valence electrons. The third-order valence-electron chi connectivity index (χ3n) is 6.37. The second-order valence-corrected chi connectivity index (χ2v) is 9.03. The predicted molar refractivity (Wildman–Crippen MR) is 145 cm³/mol. The summed E-state index contributed by atoms with van der Waals surface area (Å²) in [5.41, 5.74) is 1.62. The van der Waals surface area contributed by atoms with Crippen LogP contribution in [0.1, 0.15) is 23.1 Å². The van der Waals surface area contributed by atoms with Crippen LogP contribution in [0.4, 0.5) is 0 Å². The molecule has 8 heteroatoms. The Hall–Kier alpha value is -4.04. The summed E-state index contributed by atoms with van der Waals surface area (Å²) in [6, 6.07) is 22.8. The van der Waals surface area contributed by atoms with E-state index in [1.54, 1.807) is 14.2 Å². The van der Waals surface area contributed by atoms with Crippen LogP contribution in [-0.4, -0.2) is 63.0 Å². The summed E-state index contributed by atoms with van der Waals surface area (Å²) in [5, 5.41) is 12.0. The van der Waals surface area contributed by atoms with E-state index in [-0.39, 0.29) is 19.1 Å². The minimum absolute atomic E-state index is 0.0847. The van der Waals surface area contributed by atoms with Crippen LogP contribution in [0.3, 0.4) is 0 Å². The summed E-state index contributed by atoms with van der Waals surface area (Å²) in [4.78, 5) is 18.5. The second kappa shape index (κ2) is 13.0. The van der Waals surface area contributed by atoms with Crippen molar-refractivity contribution in [3.05, 3.63) is 89.5 Å². The van der Waals surface area contributed by atoms with Gasteiger partial charge in [-0.05, 0) is 60.0 Å². The zero-order valence-electron chi connectivity index (χ0n) is 21.8. The molecule has 0 radical (unpaired) electrons. The van der Waals surface area contributed by atoms with Crippen molar-refractivity contribution in [1.82, 2.24) is 5.32 Å². The van der Waals surface area contributed by atoms with E-state index in [4.69, 9.17) is 29.0 Å². The van der Waals surface area contributed by atoms with Crippen molar-refractivity contribution in [1.29, 1.82) is 0 Å². The molecular formula is C30H34N2O6. The molecule has 0 spiro atoms.